The van der Waals surface area contributed by atoms with Crippen molar-refractivity contribution in [1.82, 2.24) is 10.2 Å². The van der Waals surface area contributed by atoms with Crippen molar-refractivity contribution in [3.63, 3.8) is 0 Å². The monoisotopic (exact) mass is 247 g/mol. The van der Waals surface area contributed by atoms with Gasteiger partial charge in [0.05, 0.1) is 6.61 Å². The number of hydrogen-bond donors (Lipinski definition) is 1. The van der Waals surface area contributed by atoms with Gasteiger partial charge in [0.25, 0.3) is 0 Å². The molecule has 0 radical (unpaired) electrons. The van der Waals surface area contributed by atoms with E-state index in [1.54, 1.807) is 0 Å². The molecule has 5 nitrogen and oxygen atoms in total. The number of rotatable bonds is 6. The Kier molecular flexibility index (Phi) is 4.44. The third kappa shape index (κ3) is 3.15. The van der Waals surface area contributed by atoms with Gasteiger partial charge in [-0.1, -0.05) is 30.3 Å². The highest BCUT2D eigenvalue weighted by molar-refractivity contribution is 5.22. The summed E-state index contributed by atoms with van der Waals surface area (Å²) in [6, 6.07) is 9.31. The first-order valence-corrected chi connectivity index (χ1v) is 6.01. The minimum Gasteiger partial charge on any atom is -0.423 e. The fraction of sp³-hybridized carbons (Fsp3) is 0.385. The zero-order chi connectivity index (χ0) is 12.8. The molecule has 0 saturated carbocycles. The van der Waals surface area contributed by atoms with E-state index < -0.39 is 0 Å². The molecular weight excluding hydrogens is 230 g/mol. The summed E-state index contributed by atoms with van der Waals surface area (Å²) < 4.78 is 10.8. The molecule has 0 aliphatic heterocycles. The number of nitrogens with two attached hydrogens (primary N) is 1. The van der Waals surface area contributed by atoms with Crippen molar-refractivity contribution >= 4 is 0 Å². The molecular formula is C13H17N3O2. The van der Waals surface area contributed by atoms with Crippen molar-refractivity contribution in [3.8, 4) is 0 Å². The second kappa shape index (κ2) is 6.28. The molecule has 1 aromatic heterocycles. The van der Waals surface area contributed by atoms with Gasteiger partial charge in [0.2, 0.25) is 11.8 Å². The Morgan fingerprint density at radius 3 is 2.78 bits per heavy atom. The molecule has 1 unspecified atom stereocenters. The van der Waals surface area contributed by atoms with Crippen LogP contribution in [0.3, 0.4) is 0 Å². The molecule has 2 N–H and O–H groups in total. The predicted molar refractivity (Wildman–Crippen MR) is 67.0 cm³/mol. The van der Waals surface area contributed by atoms with Crippen molar-refractivity contribution in [3.05, 3.63) is 47.7 Å². The first-order valence-electron chi connectivity index (χ1n) is 6.01. The second-order valence-electron chi connectivity index (χ2n) is 3.87. The van der Waals surface area contributed by atoms with Gasteiger partial charge < -0.3 is 14.9 Å². The van der Waals surface area contributed by atoms with Crippen LogP contribution in [0.25, 0.3) is 0 Å². The Bertz CT molecular complexity index is 470. The molecule has 96 valence electrons. The van der Waals surface area contributed by atoms with Gasteiger partial charge in [-0.3, -0.25) is 0 Å². The van der Waals surface area contributed by atoms with Gasteiger partial charge in [-0.15, -0.1) is 10.2 Å². The summed E-state index contributed by atoms with van der Waals surface area (Å²) in [6.45, 7) is 3.22. The van der Waals surface area contributed by atoms with E-state index in [1.165, 1.54) is 0 Å². The Hall–Kier alpha value is -1.72. The fourth-order valence-electron chi connectivity index (χ4n) is 1.60. The molecule has 0 aliphatic carbocycles. The van der Waals surface area contributed by atoms with E-state index in [2.05, 4.69) is 10.2 Å². The average molecular weight is 247 g/mol. The number of benzene rings is 1. The maximum absolute atomic E-state index is 6.06. The number of hydrogen-bond acceptors (Lipinski definition) is 5. The van der Waals surface area contributed by atoms with Crippen molar-refractivity contribution < 1.29 is 9.15 Å². The minimum atomic E-state index is -0.375. The van der Waals surface area contributed by atoms with Crippen LogP contribution in [0.1, 0.15) is 30.3 Å². The van der Waals surface area contributed by atoms with Crippen LogP contribution in [0, 0.1) is 0 Å². The van der Waals surface area contributed by atoms with E-state index in [4.69, 9.17) is 14.9 Å². The van der Waals surface area contributed by atoms with Crippen molar-refractivity contribution in [1.29, 1.82) is 0 Å². The molecule has 2 rings (SSSR count). The van der Waals surface area contributed by atoms with Crippen LogP contribution in [0.15, 0.2) is 34.7 Å². The van der Waals surface area contributed by atoms with Gasteiger partial charge in [0, 0.05) is 13.0 Å². The first-order chi connectivity index (χ1) is 8.81. The summed E-state index contributed by atoms with van der Waals surface area (Å²) in [7, 11) is 0. The maximum Gasteiger partial charge on any atom is 0.237 e. The number of nitrogens with zero attached hydrogens (tertiary/aromatic N) is 2. The normalized spacial score (nSPS) is 12.6. The van der Waals surface area contributed by atoms with E-state index in [1.807, 2.05) is 37.3 Å². The van der Waals surface area contributed by atoms with Crippen LogP contribution in [-0.4, -0.2) is 23.4 Å². The summed E-state index contributed by atoms with van der Waals surface area (Å²) in [5.41, 5.74) is 7.01. The number of aromatic nitrogens is 2. The SMILES string of the molecule is CCOCCc1nnc(C(N)c2ccccc2)o1. The molecule has 5 heteroatoms. The first kappa shape index (κ1) is 12.7. The summed E-state index contributed by atoms with van der Waals surface area (Å²) in [4.78, 5) is 0. The highest BCUT2D eigenvalue weighted by atomic mass is 16.5. The van der Waals surface area contributed by atoms with E-state index in [0.717, 1.165) is 5.56 Å². The molecule has 0 spiro atoms. The largest absolute Gasteiger partial charge is 0.423 e. The van der Waals surface area contributed by atoms with Gasteiger partial charge >= 0.3 is 0 Å². The molecule has 2 aromatic rings. The van der Waals surface area contributed by atoms with Gasteiger partial charge in [-0.2, -0.15) is 0 Å². The lowest BCUT2D eigenvalue weighted by Crippen LogP contribution is -2.12. The van der Waals surface area contributed by atoms with E-state index in [0.29, 0.717) is 31.4 Å². The average Bonchev–Trinajstić information content (AvgIpc) is 2.88. The molecule has 0 saturated heterocycles. The zero-order valence-electron chi connectivity index (χ0n) is 10.4. The van der Waals surface area contributed by atoms with E-state index in [9.17, 15) is 0 Å². The topological polar surface area (TPSA) is 74.2 Å². The van der Waals surface area contributed by atoms with Crippen LogP contribution < -0.4 is 5.73 Å². The highest BCUT2D eigenvalue weighted by Crippen LogP contribution is 2.17. The molecule has 0 fully saturated rings. The van der Waals surface area contributed by atoms with Crippen LogP contribution in [0.2, 0.25) is 0 Å². The third-order valence-electron chi connectivity index (χ3n) is 2.57. The standard InChI is InChI=1S/C13H17N3O2/c1-2-17-9-8-11-15-16-13(18-11)12(14)10-6-4-3-5-7-10/h3-7,12H,2,8-9,14H2,1H3. The Morgan fingerprint density at radius 2 is 2.06 bits per heavy atom. The molecule has 18 heavy (non-hydrogen) atoms. The van der Waals surface area contributed by atoms with Crippen LogP contribution in [0.4, 0.5) is 0 Å². The lowest BCUT2D eigenvalue weighted by molar-refractivity contribution is 0.145. The lowest BCUT2D eigenvalue weighted by atomic mass is 10.1. The second-order valence-corrected chi connectivity index (χ2v) is 3.87. The Balaban J connectivity index is 2.01. The van der Waals surface area contributed by atoms with Crippen molar-refractivity contribution in [2.24, 2.45) is 5.73 Å². The van der Waals surface area contributed by atoms with Gasteiger partial charge in [0.1, 0.15) is 6.04 Å². The lowest BCUT2D eigenvalue weighted by Gasteiger charge is -2.06. The Morgan fingerprint density at radius 1 is 1.28 bits per heavy atom. The highest BCUT2D eigenvalue weighted by Gasteiger charge is 2.15. The third-order valence-corrected chi connectivity index (χ3v) is 2.57. The maximum atomic E-state index is 6.06. The molecule has 0 amide bonds. The summed E-state index contributed by atoms with van der Waals surface area (Å²) >= 11 is 0. The fourth-order valence-corrected chi connectivity index (χ4v) is 1.60. The molecule has 1 atom stereocenters. The van der Waals surface area contributed by atoms with E-state index >= 15 is 0 Å². The van der Waals surface area contributed by atoms with Gasteiger partial charge in [-0.05, 0) is 12.5 Å². The summed E-state index contributed by atoms with van der Waals surface area (Å²) in [6.07, 6.45) is 0.613. The van der Waals surface area contributed by atoms with Crippen LogP contribution in [-0.2, 0) is 11.2 Å². The Labute approximate surface area is 106 Å². The quantitative estimate of drug-likeness (QED) is 0.786. The van der Waals surface area contributed by atoms with E-state index in [-0.39, 0.29) is 6.04 Å². The number of ether oxygens (including phenoxy) is 1. The molecule has 0 bridgehead atoms. The van der Waals surface area contributed by atoms with Crippen molar-refractivity contribution in [2.75, 3.05) is 13.2 Å². The molecule has 1 aromatic carbocycles. The molecule has 0 aliphatic rings. The van der Waals surface area contributed by atoms with Crippen LogP contribution in [0.5, 0.6) is 0 Å². The van der Waals surface area contributed by atoms with Gasteiger partial charge in [0.15, 0.2) is 0 Å². The summed E-state index contributed by atoms with van der Waals surface area (Å²) in [5.74, 6) is 0.998. The van der Waals surface area contributed by atoms with Gasteiger partial charge in [-0.25, -0.2) is 0 Å². The predicted octanol–water partition coefficient (Wildman–Crippen LogP) is 1.70. The van der Waals surface area contributed by atoms with Crippen molar-refractivity contribution in [2.45, 2.75) is 19.4 Å². The zero-order valence-corrected chi connectivity index (χ0v) is 10.4. The molecule has 1 heterocycles. The smallest absolute Gasteiger partial charge is 0.237 e. The summed E-state index contributed by atoms with van der Waals surface area (Å²) in [5, 5.41) is 7.93. The minimum absolute atomic E-state index is 0.375. The van der Waals surface area contributed by atoms with Crippen LogP contribution >= 0.6 is 0 Å².